The quantitative estimate of drug-likeness (QED) is 0.118. The van der Waals surface area contributed by atoms with E-state index in [9.17, 15) is 5.26 Å². The van der Waals surface area contributed by atoms with Gasteiger partial charge in [0.15, 0.2) is 0 Å². The molecule has 1 nitrogen and oxygen atoms in total. The number of rotatable bonds is 7. The van der Waals surface area contributed by atoms with Crippen molar-refractivity contribution in [1.82, 2.24) is 0 Å². The summed E-state index contributed by atoms with van der Waals surface area (Å²) in [5, 5.41) is 15.5. The smallest absolute Gasteiger partial charge is 0.192 e. The molecule has 0 saturated heterocycles. The molecule has 2 aliphatic rings. The Balaban J connectivity index is 1.04. The molecule has 10 aromatic rings. The molecule has 0 fully saturated rings. The molecule has 0 unspecified atom stereocenters. The van der Waals surface area contributed by atoms with Gasteiger partial charge < -0.3 is 0 Å². The molecule has 318 valence electrons. The van der Waals surface area contributed by atoms with Crippen LogP contribution in [-0.4, -0.2) is 6.71 Å². The molecule has 0 radical (unpaired) electrons. The van der Waals surface area contributed by atoms with Gasteiger partial charge in [-0.15, -0.1) is 0 Å². The first-order valence-corrected chi connectivity index (χ1v) is 24.8. The molecule has 0 atom stereocenters. The molecule has 0 bridgehead atoms. The Kier molecular flexibility index (Phi) is 9.95. The lowest BCUT2D eigenvalue weighted by molar-refractivity contribution is 0.640. The molecule has 2 aliphatic heterocycles. The van der Waals surface area contributed by atoms with E-state index in [0.29, 0.717) is 5.56 Å². The highest BCUT2D eigenvalue weighted by molar-refractivity contribution is 8.01. The zero-order valence-electron chi connectivity index (χ0n) is 38.0. The molecule has 2 heterocycles. The normalized spacial score (nSPS) is 12.9. The van der Waals surface area contributed by atoms with E-state index in [2.05, 4.69) is 240 Å². The van der Waals surface area contributed by atoms with Crippen LogP contribution in [0.25, 0.3) is 54.9 Å². The van der Waals surface area contributed by atoms with Crippen molar-refractivity contribution in [3.63, 3.8) is 0 Å². The second-order valence-corrected chi connectivity index (χ2v) is 21.3. The molecule has 12 rings (SSSR count). The van der Waals surface area contributed by atoms with Gasteiger partial charge in [0, 0.05) is 30.4 Å². The fourth-order valence-electron chi connectivity index (χ4n) is 10.8. The molecular weight excluding hydrogens is 846 g/mol. The van der Waals surface area contributed by atoms with E-state index in [1.807, 2.05) is 23.5 Å². The van der Waals surface area contributed by atoms with Gasteiger partial charge in [-0.05, 0) is 125 Å². The summed E-state index contributed by atoms with van der Waals surface area (Å²) in [5.41, 5.74) is 16.5. The summed E-state index contributed by atoms with van der Waals surface area (Å²) in [7, 11) is 0. The second kappa shape index (κ2) is 16.1. The highest BCUT2D eigenvalue weighted by atomic mass is 32.2. The first kappa shape index (κ1) is 41.4. The third kappa shape index (κ3) is 6.87. The van der Waals surface area contributed by atoms with Crippen molar-refractivity contribution in [3.05, 3.63) is 234 Å². The number of nitrogens with zero attached hydrogens (tertiary/aromatic N) is 1. The maximum absolute atomic E-state index is 10.7. The van der Waals surface area contributed by atoms with Gasteiger partial charge in [-0.3, -0.25) is 0 Å². The number of hydrogen-bond donors (Lipinski definition) is 0. The van der Waals surface area contributed by atoms with Crippen LogP contribution in [0.15, 0.2) is 226 Å². The van der Waals surface area contributed by atoms with Crippen LogP contribution in [0.3, 0.4) is 0 Å². The number of nitriles is 1. The summed E-state index contributed by atoms with van der Waals surface area (Å²) in [4.78, 5) is 5.14. The lowest BCUT2D eigenvalue weighted by Crippen LogP contribution is -2.58. The molecule has 0 amide bonds. The Morgan fingerprint density at radius 1 is 0.373 bits per heavy atom. The summed E-state index contributed by atoms with van der Waals surface area (Å²) in [6.45, 7) is 9.47. The topological polar surface area (TPSA) is 23.8 Å². The minimum absolute atomic E-state index is 0.0615. The van der Waals surface area contributed by atoms with E-state index in [-0.39, 0.29) is 17.5 Å². The Labute approximate surface area is 402 Å². The summed E-state index contributed by atoms with van der Waals surface area (Å²) in [6.07, 6.45) is 0. The van der Waals surface area contributed by atoms with E-state index < -0.39 is 0 Å². The van der Waals surface area contributed by atoms with E-state index >= 15 is 0 Å². The van der Waals surface area contributed by atoms with Crippen LogP contribution in [0, 0.1) is 11.3 Å². The van der Waals surface area contributed by atoms with Crippen molar-refractivity contribution in [3.8, 4) is 39.4 Å². The third-order valence-electron chi connectivity index (χ3n) is 14.6. The average Bonchev–Trinajstić information content (AvgIpc) is 3.37. The Morgan fingerprint density at radius 2 is 0.776 bits per heavy atom. The minimum Gasteiger partial charge on any atom is -0.192 e. The van der Waals surface area contributed by atoms with Gasteiger partial charge in [-0.2, -0.15) is 5.26 Å². The predicted octanol–water partition coefficient (Wildman–Crippen LogP) is 15.0. The fourth-order valence-corrected chi connectivity index (χ4v) is 13.3. The zero-order valence-corrected chi connectivity index (χ0v) is 39.6. The number of benzene rings is 10. The molecule has 67 heavy (non-hydrogen) atoms. The van der Waals surface area contributed by atoms with Crippen LogP contribution in [-0.2, 0) is 10.8 Å². The molecule has 10 aromatic carbocycles. The fraction of sp³-hybridized carbons (Fsp3) is 0.0952. The van der Waals surface area contributed by atoms with Crippen LogP contribution in [0.2, 0.25) is 0 Å². The summed E-state index contributed by atoms with van der Waals surface area (Å²) in [5.74, 6) is 0. The van der Waals surface area contributed by atoms with Gasteiger partial charge >= 0.3 is 0 Å². The van der Waals surface area contributed by atoms with E-state index in [1.165, 1.54) is 90.9 Å². The molecule has 4 heteroatoms. The van der Waals surface area contributed by atoms with Gasteiger partial charge in [-0.25, -0.2) is 0 Å². The maximum atomic E-state index is 10.7. The maximum Gasteiger partial charge on any atom is 0.247 e. The van der Waals surface area contributed by atoms with Crippen LogP contribution < -0.4 is 16.4 Å². The van der Waals surface area contributed by atoms with Crippen molar-refractivity contribution in [2.24, 2.45) is 0 Å². The van der Waals surface area contributed by atoms with E-state index in [1.54, 1.807) is 0 Å². The predicted molar refractivity (Wildman–Crippen MR) is 285 cm³/mol. The molecule has 0 aromatic heterocycles. The molecule has 0 saturated carbocycles. The van der Waals surface area contributed by atoms with E-state index in [4.69, 9.17) is 0 Å². The molecule has 0 spiro atoms. The monoisotopic (exact) mass is 891 g/mol. The zero-order chi connectivity index (χ0) is 45.4. The van der Waals surface area contributed by atoms with Crippen LogP contribution >= 0.6 is 23.5 Å². The lowest BCUT2D eigenvalue weighted by atomic mass is 9.36. The molecule has 0 N–H and O–H groups in total. The SMILES string of the molecule is CC(C)(c1ccccc1)c1ccc2c(c1)B1c3cc(C(C)(C)c4ccccc4)ccc3Sc3cc(-c4cc(C#N)cc(-c5c6ccccc6c(-c6ccccc6)c6ccccc56)c4)cc(c31)S2. The van der Waals surface area contributed by atoms with Crippen molar-refractivity contribution in [2.75, 3.05) is 0 Å². The standard InChI is InChI=1S/C63H46BNS2/c1-62(2,45-20-10-6-11-21-45)47-28-30-55-53(37-47)64-54-38-48(63(3,4)46-22-12-7-13-23-46)29-31-56(54)67-58-36-43(35-57(66-55)61(58)64)42-32-40(39-65)33-44(34-42)60-51-26-16-14-24-49(51)59(41-18-8-5-9-19-41)50-25-15-17-27-52(50)60/h5-38H,1-4H3. The van der Waals surface area contributed by atoms with Gasteiger partial charge in [0.2, 0.25) is 6.71 Å². The molecule has 0 aliphatic carbocycles. The van der Waals surface area contributed by atoms with Gasteiger partial charge in [0.25, 0.3) is 0 Å². The Hall–Kier alpha value is -7.03. The number of hydrogen-bond acceptors (Lipinski definition) is 3. The van der Waals surface area contributed by atoms with Crippen LogP contribution in [0.4, 0.5) is 0 Å². The summed E-state index contributed by atoms with van der Waals surface area (Å²) in [6, 6.07) is 78.4. The summed E-state index contributed by atoms with van der Waals surface area (Å²) < 4.78 is 0. The highest BCUT2D eigenvalue weighted by Crippen LogP contribution is 2.47. The largest absolute Gasteiger partial charge is 0.247 e. The first-order valence-electron chi connectivity index (χ1n) is 23.2. The van der Waals surface area contributed by atoms with Crippen molar-refractivity contribution in [1.29, 1.82) is 5.26 Å². The van der Waals surface area contributed by atoms with Gasteiger partial charge in [-0.1, -0.05) is 226 Å². The Morgan fingerprint density at radius 3 is 1.24 bits per heavy atom. The number of fused-ring (bicyclic) bond motifs is 6. The van der Waals surface area contributed by atoms with E-state index in [0.717, 1.165) is 22.3 Å². The molecular formula is C63H46BNS2. The lowest BCUT2D eigenvalue weighted by Gasteiger charge is -2.36. The first-order chi connectivity index (χ1) is 32.7. The van der Waals surface area contributed by atoms with Gasteiger partial charge in [0.05, 0.1) is 11.6 Å². The summed E-state index contributed by atoms with van der Waals surface area (Å²) >= 11 is 3.78. The average molecular weight is 892 g/mol. The van der Waals surface area contributed by atoms with Crippen molar-refractivity contribution in [2.45, 2.75) is 58.1 Å². The van der Waals surface area contributed by atoms with Crippen LogP contribution in [0.5, 0.6) is 0 Å². The highest BCUT2D eigenvalue weighted by Gasteiger charge is 2.40. The Bertz CT molecular complexity index is 3460. The van der Waals surface area contributed by atoms with Gasteiger partial charge in [0.1, 0.15) is 0 Å². The van der Waals surface area contributed by atoms with Crippen molar-refractivity contribution < 1.29 is 0 Å². The van der Waals surface area contributed by atoms with Crippen LogP contribution in [0.1, 0.15) is 55.5 Å². The second-order valence-electron chi connectivity index (χ2n) is 19.1. The minimum atomic E-state index is -0.181. The third-order valence-corrected chi connectivity index (χ3v) is 16.9. The van der Waals surface area contributed by atoms with Crippen molar-refractivity contribution >= 4 is 68.2 Å².